The van der Waals surface area contributed by atoms with Crippen LogP contribution in [-0.2, 0) is 11.2 Å². The number of hydrogen-bond donors (Lipinski definition) is 1. The second-order valence-corrected chi connectivity index (χ2v) is 5.97. The summed E-state index contributed by atoms with van der Waals surface area (Å²) >= 11 is 0. The van der Waals surface area contributed by atoms with E-state index in [0.29, 0.717) is 12.4 Å². The highest BCUT2D eigenvalue weighted by molar-refractivity contribution is 5.91. The number of amides is 1. The molecule has 3 rings (SSSR count). The van der Waals surface area contributed by atoms with Crippen molar-refractivity contribution in [3.63, 3.8) is 0 Å². The molecule has 0 bridgehead atoms. The topological polar surface area (TPSA) is 71.0 Å². The summed E-state index contributed by atoms with van der Waals surface area (Å²) < 4.78 is 0. The molecule has 0 radical (unpaired) electrons. The van der Waals surface area contributed by atoms with Crippen LogP contribution < -0.4 is 5.32 Å². The molecule has 0 saturated carbocycles. The van der Waals surface area contributed by atoms with Gasteiger partial charge >= 0.3 is 0 Å². The van der Waals surface area contributed by atoms with Gasteiger partial charge in [0, 0.05) is 31.4 Å². The molecule has 0 fully saturated rings. The molecule has 1 unspecified atom stereocenters. The van der Waals surface area contributed by atoms with Gasteiger partial charge < -0.3 is 10.2 Å². The van der Waals surface area contributed by atoms with Gasteiger partial charge in [0.25, 0.3) is 0 Å². The Kier molecular flexibility index (Phi) is 5.18. The van der Waals surface area contributed by atoms with Crippen molar-refractivity contribution >= 4 is 22.6 Å². The van der Waals surface area contributed by atoms with E-state index in [1.807, 2.05) is 50.4 Å². The fourth-order valence-electron chi connectivity index (χ4n) is 2.67. The molecule has 0 spiro atoms. The van der Waals surface area contributed by atoms with Crippen LogP contribution in [0.15, 0.2) is 55.1 Å². The van der Waals surface area contributed by atoms with E-state index in [0.717, 1.165) is 22.9 Å². The number of pyridine rings is 1. The SMILES string of the molecule is CC(Nc1ncnc2ccccc12)C(=O)N(C)CCc1ccncc1. The molecule has 0 aliphatic heterocycles. The van der Waals surface area contributed by atoms with Crippen molar-refractivity contribution < 1.29 is 4.79 Å². The predicted molar refractivity (Wildman–Crippen MR) is 98.2 cm³/mol. The van der Waals surface area contributed by atoms with Crippen LogP contribution >= 0.6 is 0 Å². The van der Waals surface area contributed by atoms with Crippen molar-refractivity contribution in [2.75, 3.05) is 18.9 Å². The highest BCUT2D eigenvalue weighted by atomic mass is 16.2. The minimum absolute atomic E-state index is 0.0248. The number of nitrogens with one attached hydrogen (secondary N) is 1. The number of likely N-dealkylation sites (N-methyl/N-ethyl adjacent to an activating group) is 1. The fourth-order valence-corrected chi connectivity index (χ4v) is 2.67. The highest BCUT2D eigenvalue weighted by Crippen LogP contribution is 2.19. The number of carbonyl (C=O) groups is 1. The van der Waals surface area contributed by atoms with Crippen LogP contribution in [0.5, 0.6) is 0 Å². The lowest BCUT2D eigenvalue weighted by molar-refractivity contribution is -0.130. The van der Waals surface area contributed by atoms with E-state index in [1.54, 1.807) is 17.3 Å². The number of fused-ring (bicyclic) bond motifs is 1. The zero-order chi connectivity index (χ0) is 17.6. The number of nitrogens with zero attached hydrogens (tertiary/aromatic N) is 4. The Morgan fingerprint density at radius 3 is 2.72 bits per heavy atom. The molecule has 6 heteroatoms. The van der Waals surface area contributed by atoms with E-state index in [2.05, 4.69) is 20.3 Å². The Labute approximate surface area is 146 Å². The first-order valence-corrected chi connectivity index (χ1v) is 8.25. The number of aromatic nitrogens is 3. The zero-order valence-corrected chi connectivity index (χ0v) is 14.4. The molecule has 1 atom stereocenters. The largest absolute Gasteiger partial charge is 0.358 e. The molecule has 1 aromatic carbocycles. The van der Waals surface area contributed by atoms with E-state index in [-0.39, 0.29) is 11.9 Å². The second-order valence-electron chi connectivity index (χ2n) is 5.97. The maximum atomic E-state index is 12.6. The molecule has 0 saturated heterocycles. The van der Waals surface area contributed by atoms with Crippen LogP contribution in [0.1, 0.15) is 12.5 Å². The highest BCUT2D eigenvalue weighted by Gasteiger charge is 2.18. The van der Waals surface area contributed by atoms with Gasteiger partial charge in [-0.15, -0.1) is 0 Å². The third-order valence-electron chi connectivity index (χ3n) is 4.13. The van der Waals surface area contributed by atoms with Gasteiger partial charge in [0.1, 0.15) is 18.2 Å². The predicted octanol–water partition coefficient (Wildman–Crippen LogP) is 2.53. The van der Waals surface area contributed by atoms with Gasteiger partial charge in [0.05, 0.1) is 5.52 Å². The Balaban J connectivity index is 1.63. The van der Waals surface area contributed by atoms with Crippen molar-refractivity contribution in [3.8, 4) is 0 Å². The van der Waals surface area contributed by atoms with Crippen LogP contribution in [0, 0.1) is 0 Å². The quantitative estimate of drug-likeness (QED) is 0.749. The standard InChI is InChI=1S/C19H21N5O/c1-14(19(25)24(2)12-9-15-7-10-20-11-8-15)23-18-16-5-3-4-6-17(16)21-13-22-18/h3-8,10-11,13-14H,9,12H2,1-2H3,(H,21,22,23). The lowest BCUT2D eigenvalue weighted by Gasteiger charge is -2.22. The third-order valence-corrected chi connectivity index (χ3v) is 4.13. The van der Waals surface area contributed by atoms with Crippen molar-refractivity contribution in [1.29, 1.82) is 0 Å². The first-order valence-electron chi connectivity index (χ1n) is 8.25. The smallest absolute Gasteiger partial charge is 0.244 e. The Morgan fingerprint density at radius 2 is 1.92 bits per heavy atom. The Morgan fingerprint density at radius 1 is 1.16 bits per heavy atom. The maximum absolute atomic E-state index is 12.6. The summed E-state index contributed by atoms with van der Waals surface area (Å²) in [6, 6.07) is 11.3. The van der Waals surface area contributed by atoms with E-state index in [9.17, 15) is 4.79 Å². The number of para-hydroxylation sites is 1. The van der Waals surface area contributed by atoms with Crippen molar-refractivity contribution in [1.82, 2.24) is 19.9 Å². The summed E-state index contributed by atoms with van der Waals surface area (Å²) in [5.41, 5.74) is 2.02. The van der Waals surface area contributed by atoms with Crippen molar-refractivity contribution in [2.24, 2.45) is 0 Å². The Hall–Kier alpha value is -3.02. The first kappa shape index (κ1) is 16.8. The maximum Gasteiger partial charge on any atom is 0.244 e. The average Bonchev–Trinajstić information content (AvgIpc) is 2.66. The molecule has 1 amide bonds. The fraction of sp³-hybridized carbons (Fsp3) is 0.263. The number of hydrogen-bond acceptors (Lipinski definition) is 5. The van der Waals surface area contributed by atoms with Crippen LogP contribution in [0.4, 0.5) is 5.82 Å². The van der Waals surface area contributed by atoms with Crippen LogP contribution in [0.3, 0.4) is 0 Å². The minimum atomic E-state index is -0.374. The van der Waals surface area contributed by atoms with E-state index >= 15 is 0 Å². The lowest BCUT2D eigenvalue weighted by atomic mass is 10.2. The normalized spacial score (nSPS) is 11.9. The molecule has 2 aromatic heterocycles. The van der Waals surface area contributed by atoms with Crippen LogP contribution in [0.25, 0.3) is 10.9 Å². The summed E-state index contributed by atoms with van der Waals surface area (Å²) in [6.45, 7) is 2.50. The summed E-state index contributed by atoms with van der Waals surface area (Å²) in [4.78, 5) is 26.9. The molecule has 0 aliphatic carbocycles. The number of carbonyl (C=O) groups excluding carboxylic acids is 1. The average molecular weight is 335 g/mol. The van der Waals surface area contributed by atoms with Gasteiger partial charge in [-0.2, -0.15) is 0 Å². The number of anilines is 1. The molecular weight excluding hydrogens is 314 g/mol. The summed E-state index contributed by atoms with van der Waals surface area (Å²) in [5.74, 6) is 0.700. The van der Waals surface area contributed by atoms with Gasteiger partial charge in [0.2, 0.25) is 5.91 Å². The second kappa shape index (κ2) is 7.70. The van der Waals surface area contributed by atoms with Crippen molar-refractivity contribution in [3.05, 3.63) is 60.7 Å². The molecule has 1 N–H and O–H groups in total. The third kappa shape index (κ3) is 4.09. The van der Waals surface area contributed by atoms with Gasteiger partial charge in [-0.25, -0.2) is 9.97 Å². The molecule has 0 aliphatic rings. The number of rotatable bonds is 6. The number of benzene rings is 1. The molecular formula is C19H21N5O. The minimum Gasteiger partial charge on any atom is -0.358 e. The summed E-state index contributed by atoms with van der Waals surface area (Å²) in [5, 5.41) is 4.12. The molecule has 3 aromatic rings. The zero-order valence-electron chi connectivity index (χ0n) is 14.4. The summed E-state index contributed by atoms with van der Waals surface area (Å²) in [7, 11) is 1.82. The van der Waals surface area contributed by atoms with Crippen LogP contribution in [0.2, 0.25) is 0 Å². The molecule has 128 valence electrons. The van der Waals surface area contributed by atoms with Gasteiger partial charge in [-0.05, 0) is 43.2 Å². The van der Waals surface area contributed by atoms with E-state index < -0.39 is 0 Å². The van der Waals surface area contributed by atoms with Crippen molar-refractivity contribution in [2.45, 2.75) is 19.4 Å². The summed E-state index contributed by atoms with van der Waals surface area (Å²) in [6.07, 6.45) is 5.84. The van der Waals surface area contributed by atoms with Crippen LogP contribution in [-0.4, -0.2) is 45.4 Å². The monoisotopic (exact) mass is 335 g/mol. The first-order chi connectivity index (χ1) is 12.1. The van der Waals surface area contributed by atoms with Gasteiger partial charge in [-0.3, -0.25) is 9.78 Å². The van der Waals surface area contributed by atoms with E-state index in [1.165, 1.54) is 6.33 Å². The Bertz CT molecular complexity index is 847. The van der Waals surface area contributed by atoms with E-state index in [4.69, 9.17) is 0 Å². The molecule has 6 nitrogen and oxygen atoms in total. The molecule has 2 heterocycles. The van der Waals surface area contributed by atoms with Gasteiger partial charge in [-0.1, -0.05) is 12.1 Å². The van der Waals surface area contributed by atoms with Gasteiger partial charge in [0.15, 0.2) is 0 Å². The molecule has 25 heavy (non-hydrogen) atoms. The lowest BCUT2D eigenvalue weighted by Crippen LogP contribution is -2.40.